The van der Waals surface area contributed by atoms with Gasteiger partial charge in [0.05, 0.1) is 7.11 Å². The molecule has 0 saturated carbocycles. The van der Waals surface area contributed by atoms with Crippen molar-refractivity contribution in [1.82, 2.24) is 5.32 Å². The van der Waals surface area contributed by atoms with E-state index in [0.717, 1.165) is 36.6 Å². The zero-order valence-electron chi connectivity index (χ0n) is 15.6. The van der Waals surface area contributed by atoms with E-state index >= 15 is 0 Å². The lowest BCUT2D eigenvalue weighted by atomic mass is 10.1. The molecular formula is C21H23NO6. The molecule has 0 spiro atoms. The number of rotatable bonds is 8. The molecule has 0 unspecified atom stereocenters. The summed E-state index contributed by atoms with van der Waals surface area (Å²) >= 11 is 0. The predicted octanol–water partition coefficient (Wildman–Crippen LogP) is 2.20. The summed E-state index contributed by atoms with van der Waals surface area (Å²) in [5.74, 6) is 0.571. The first-order chi connectivity index (χ1) is 13.5. The molecule has 0 fully saturated rings. The maximum absolute atomic E-state index is 9.10. The average Bonchev–Trinajstić information content (AvgIpc) is 2.71. The fourth-order valence-corrected chi connectivity index (χ4v) is 2.16. The second-order valence-corrected chi connectivity index (χ2v) is 5.49. The van der Waals surface area contributed by atoms with Crippen molar-refractivity contribution in [2.24, 2.45) is 0 Å². The summed E-state index contributed by atoms with van der Waals surface area (Å²) in [7, 11) is 1.68. The molecule has 0 bridgehead atoms. The van der Waals surface area contributed by atoms with Crippen LogP contribution in [0.25, 0.3) is 0 Å². The van der Waals surface area contributed by atoms with Crippen LogP contribution in [0.3, 0.4) is 0 Å². The topological polar surface area (TPSA) is 105 Å². The van der Waals surface area contributed by atoms with Gasteiger partial charge >= 0.3 is 11.9 Å². The van der Waals surface area contributed by atoms with Crippen molar-refractivity contribution in [1.29, 1.82) is 0 Å². The molecule has 148 valence electrons. The lowest BCUT2D eigenvalue weighted by molar-refractivity contribution is -0.159. The summed E-state index contributed by atoms with van der Waals surface area (Å²) in [6.07, 6.45) is 6.20. The molecule has 28 heavy (non-hydrogen) atoms. The van der Waals surface area contributed by atoms with E-state index in [1.807, 2.05) is 36.4 Å². The van der Waals surface area contributed by atoms with E-state index in [1.54, 1.807) is 7.11 Å². The van der Waals surface area contributed by atoms with E-state index in [1.165, 1.54) is 5.56 Å². The fourth-order valence-electron chi connectivity index (χ4n) is 2.16. The van der Waals surface area contributed by atoms with Crippen LogP contribution >= 0.6 is 0 Å². The van der Waals surface area contributed by atoms with E-state index in [0.29, 0.717) is 6.61 Å². The molecule has 0 radical (unpaired) electrons. The molecule has 0 aliphatic heterocycles. The molecule has 2 rings (SSSR count). The Morgan fingerprint density at radius 3 is 2.29 bits per heavy atom. The molecule has 7 heteroatoms. The lowest BCUT2D eigenvalue weighted by Gasteiger charge is -2.10. The average molecular weight is 385 g/mol. The fraction of sp³-hybridized carbons (Fsp3) is 0.238. The number of ether oxygens (including phenoxy) is 2. The summed E-state index contributed by atoms with van der Waals surface area (Å²) in [6.45, 7) is 1.95. The van der Waals surface area contributed by atoms with Gasteiger partial charge in [-0.25, -0.2) is 9.59 Å². The molecule has 0 saturated heterocycles. The number of carboxylic acid groups (broad SMARTS) is 2. The largest absolute Gasteiger partial charge is 0.497 e. The van der Waals surface area contributed by atoms with Crippen LogP contribution in [0.1, 0.15) is 11.1 Å². The molecule has 7 nitrogen and oxygen atoms in total. The molecule has 2 aromatic carbocycles. The van der Waals surface area contributed by atoms with Gasteiger partial charge in [0.15, 0.2) is 0 Å². The number of terminal acetylenes is 1. The number of carboxylic acids is 2. The molecule has 3 N–H and O–H groups in total. The molecule has 0 heterocycles. The van der Waals surface area contributed by atoms with E-state index in [-0.39, 0.29) is 0 Å². The maximum Gasteiger partial charge on any atom is 0.414 e. The van der Waals surface area contributed by atoms with E-state index in [9.17, 15) is 0 Å². The number of benzene rings is 2. The first-order valence-corrected chi connectivity index (χ1v) is 8.42. The molecule has 0 amide bonds. The Hall–Kier alpha value is -3.50. The van der Waals surface area contributed by atoms with E-state index in [2.05, 4.69) is 23.4 Å². The molecule has 0 aromatic heterocycles. The van der Waals surface area contributed by atoms with Crippen LogP contribution in [-0.4, -0.2) is 42.4 Å². The normalized spacial score (nSPS) is 9.43. The highest BCUT2D eigenvalue weighted by Gasteiger charge is 2.04. The summed E-state index contributed by atoms with van der Waals surface area (Å²) in [5.41, 5.74) is 2.40. The smallest absolute Gasteiger partial charge is 0.414 e. The van der Waals surface area contributed by atoms with Gasteiger partial charge in [0.2, 0.25) is 0 Å². The highest BCUT2D eigenvalue weighted by molar-refractivity contribution is 6.27. The zero-order chi connectivity index (χ0) is 20.8. The van der Waals surface area contributed by atoms with Gasteiger partial charge in [0.1, 0.15) is 18.1 Å². The number of methoxy groups -OCH3 is 1. The summed E-state index contributed by atoms with van der Waals surface area (Å²) in [6, 6.07) is 16.1. The number of para-hydroxylation sites is 1. The predicted molar refractivity (Wildman–Crippen MR) is 104 cm³/mol. The van der Waals surface area contributed by atoms with Gasteiger partial charge in [0, 0.05) is 12.1 Å². The van der Waals surface area contributed by atoms with Gasteiger partial charge < -0.3 is 25.0 Å². The van der Waals surface area contributed by atoms with Crippen LogP contribution in [0.2, 0.25) is 0 Å². The number of carbonyl (C=O) groups is 2. The Morgan fingerprint density at radius 2 is 1.71 bits per heavy atom. The Bertz CT molecular complexity index is 783. The quantitative estimate of drug-likeness (QED) is 0.363. The van der Waals surface area contributed by atoms with Crippen LogP contribution in [0, 0.1) is 12.3 Å². The van der Waals surface area contributed by atoms with Crippen molar-refractivity contribution < 1.29 is 29.3 Å². The van der Waals surface area contributed by atoms with Crippen molar-refractivity contribution >= 4 is 11.9 Å². The van der Waals surface area contributed by atoms with Crippen LogP contribution in [0.5, 0.6) is 11.5 Å². The van der Waals surface area contributed by atoms with Crippen molar-refractivity contribution in [3.63, 3.8) is 0 Å². The van der Waals surface area contributed by atoms with Crippen molar-refractivity contribution in [2.75, 3.05) is 20.3 Å². The van der Waals surface area contributed by atoms with Gasteiger partial charge in [-0.3, -0.25) is 0 Å². The minimum atomic E-state index is -1.82. The van der Waals surface area contributed by atoms with Gasteiger partial charge in [-0.15, -0.1) is 6.42 Å². The Labute approximate surface area is 163 Å². The zero-order valence-corrected chi connectivity index (χ0v) is 15.6. The number of hydrogen-bond acceptors (Lipinski definition) is 5. The van der Waals surface area contributed by atoms with Gasteiger partial charge in [-0.1, -0.05) is 36.3 Å². The van der Waals surface area contributed by atoms with E-state index < -0.39 is 11.9 Å². The standard InChI is InChI=1S/C19H21NO2.C2H2O4/c1-3-14-22-19-7-5-4-6-17(19)15-20-13-12-16-8-10-18(21-2)11-9-16;3-1(4)2(5)6/h1,4-11,20H,12-15H2,2H3;(H,3,4)(H,5,6). The third-order valence-electron chi connectivity index (χ3n) is 3.53. The first-order valence-electron chi connectivity index (χ1n) is 8.42. The second kappa shape index (κ2) is 12.8. The monoisotopic (exact) mass is 385 g/mol. The second-order valence-electron chi connectivity index (χ2n) is 5.49. The molecular weight excluding hydrogens is 362 g/mol. The van der Waals surface area contributed by atoms with Gasteiger partial charge in [0.25, 0.3) is 0 Å². The molecule has 0 aliphatic carbocycles. The van der Waals surface area contributed by atoms with Crippen molar-refractivity contribution in [2.45, 2.75) is 13.0 Å². The van der Waals surface area contributed by atoms with Gasteiger partial charge in [-0.2, -0.15) is 0 Å². The van der Waals surface area contributed by atoms with E-state index in [4.69, 9.17) is 35.7 Å². The highest BCUT2D eigenvalue weighted by Crippen LogP contribution is 2.17. The molecule has 2 aromatic rings. The third-order valence-corrected chi connectivity index (χ3v) is 3.53. The maximum atomic E-state index is 9.10. The first kappa shape index (κ1) is 22.5. The van der Waals surface area contributed by atoms with Gasteiger partial charge in [-0.05, 0) is 36.7 Å². The Kier molecular flexibility index (Phi) is 10.3. The number of aliphatic carboxylic acids is 2. The van der Waals surface area contributed by atoms with Crippen LogP contribution in [0.4, 0.5) is 0 Å². The molecule has 0 aliphatic rings. The number of nitrogens with one attached hydrogen (secondary N) is 1. The van der Waals surface area contributed by atoms with Crippen LogP contribution < -0.4 is 14.8 Å². The lowest BCUT2D eigenvalue weighted by Crippen LogP contribution is -2.17. The Balaban J connectivity index is 0.000000568. The summed E-state index contributed by atoms with van der Waals surface area (Å²) in [4.78, 5) is 18.2. The molecule has 0 atom stereocenters. The minimum Gasteiger partial charge on any atom is -0.497 e. The highest BCUT2D eigenvalue weighted by atomic mass is 16.5. The van der Waals surface area contributed by atoms with Crippen LogP contribution in [-0.2, 0) is 22.6 Å². The third kappa shape index (κ3) is 8.74. The van der Waals surface area contributed by atoms with Crippen molar-refractivity contribution in [3.05, 3.63) is 59.7 Å². The summed E-state index contributed by atoms with van der Waals surface area (Å²) in [5, 5.41) is 18.2. The minimum absolute atomic E-state index is 0.295. The Morgan fingerprint density at radius 1 is 1.07 bits per heavy atom. The van der Waals surface area contributed by atoms with Crippen LogP contribution in [0.15, 0.2) is 48.5 Å². The number of hydrogen-bond donors (Lipinski definition) is 3. The summed E-state index contributed by atoms with van der Waals surface area (Å²) < 4.78 is 10.7. The van der Waals surface area contributed by atoms with Crippen molar-refractivity contribution in [3.8, 4) is 23.8 Å². The SMILES string of the molecule is C#CCOc1ccccc1CNCCc1ccc(OC)cc1.O=C(O)C(=O)O.